The van der Waals surface area contributed by atoms with Gasteiger partial charge in [0.05, 0.1) is 0 Å². The lowest BCUT2D eigenvalue weighted by molar-refractivity contribution is 0.0937. The van der Waals surface area contributed by atoms with Crippen LogP contribution in [0.25, 0.3) is 0 Å². The lowest BCUT2D eigenvalue weighted by atomic mass is 9.97. The second-order valence-corrected chi connectivity index (χ2v) is 5.86. The maximum Gasteiger partial charge on any atom is 0.251 e. The number of nitrogens with one attached hydrogen (secondary N) is 1. The Morgan fingerprint density at radius 3 is 2.89 bits per heavy atom. The number of carbonyl (C=O) groups excluding carboxylic acids is 1. The number of thiol groups is 1. The zero-order valence-electron chi connectivity index (χ0n) is 11.2. The van der Waals surface area contributed by atoms with Crippen LogP contribution in [0.1, 0.15) is 35.2 Å². The number of rotatable bonds is 4. The fourth-order valence-corrected chi connectivity index (χ4v) is 3.00. The summed E-state index contributed by atoms with van der Waals surface area (Å²) in [7, 11) is 0. The Kier molecular flexibility index (Phi) is 4.88. The van der Waals surface area contributed by atoms with E-state index in [2.05, 4.69) is 17.9 Å². The van der Waals surface area contributed by atoms with Crippen LogP contribution in [0.3, 0.4) is 0 Å². The Morgan fingerprint density at radius 2 is 2.16 bits per heavy atom. The standard InChI is InChI=1S/C15H21NO2S/c1-10-5-6-13(19)7-14(10)15(18)16-8-11-3-2-4-12(11)9-17/h5-7,11-12,17,19H,2-4,8-9H2,1H3,(H,16,18). The molecule has 1 aliphatic carbocycles. The average Bonchev–Trinajstić information content (AvgIpc) is 2.86. The first-order valence-electron chi connectivity index (χ1n) is 6.80. The van der Waals surface area contributed by atoms with E-state index < -0.39 is 0 Å². The third kappa shape index (κ3) is 3.51. The summed E-state index contributed by atoms with van der Waals surface area (Å²) in [6.07, 6.45) is 3.32. The third-order valence-electron chi connectivity index (χ3n) is 4.04. The Bertz CT molecular complexity index is 461. The summed E-state index contributed by atoms with van der Waals surface area (Å²) in [6, 6.07) is 5.59. The van der Waals surface area contributed by atoms with Crippen molar-refractivity contribution in [1.29, 1.82) is 0 Å². The number of carbonyl (C=O) groups is 1. The highest BCUT2D eigenvalue weighted by Gasteiger charge is 2.26. The Balaban J connectivity index is 1.96. The summed E-state index contributed by atoms with van der Waals surface area (Å²) in [5.41, 5.74) is 1.64. The minimum Gasteiger partial charge on any atom is -0.396 e. The number of hydrogen-bond acceptors (Lipinski definition) is 3. The molecule has 3 nitrogen and oxygen atoms in total. The van der Waals surface area contributed by atoms with Crippen molar-refractivity contribution < 1.29 is 9.90 Å². The van der Waals surface area contributed by atoms with Crippen LogP contribution in [0, 0.1) is 18.8 Å². The molecule has 2 atom stereocenters. The van der Waals surface area contributed by atoms with Crippen molar-refractivity contribution in [2.75, 3.05) is 13.2 Å². The molecule has 0 bridgehead atoms. The molecular formula is C15H21NO2S. The van der Waals surface area contributed by atoms with Crippen molar-refractivity contribution in [2.24, 2.45) is 11.8 Å². The Hall–Kier alpha value is -1.00. The lowest BCUT2D eigenvalue weighted by Gasteiger charge is -2.18. The molecule has 2 unspecified atom stereocenters. The SMILES string of the molecule is Cc1ccc(S)cc1C(=O)NCC1CCCC1CO. The normalized spacial score (nSPS) is 22.5. The largest absolute Gasteiger partial charge is 0.396 e. The summed E-state index contributed by atoms with van der Waals surface area (Å²) in [5, 5.41) is 12.3. The van der Waals surface area contributed by atoms with Gasteiger partial charge in [-0.2, -0.15) is 0 Å². The van der Waals surface area contributed by atoms with Crippen molar-refractivity contribution in [3.63, 3.8) is 0 Å². The minimum absolute atomic E-state index is 0.0445. The fourth-order valence-electron chi connectivity index (χ4n) is 2.80. The van der Waals surface area contributed by atoms with Gasteiger partial charge in [-0.25, -0.2) is 0 Å². The molecule has 0 radical (unpaired) electrons. The van der Waals surface area contributed by atoms with Gasteiger partial charge in [-0.05, 0) is 49.3 Å². The van der Waals surface area contributed by atoms with E-state index in [0.29, 0.717) is 23.9 Å². The van der Waals surface area contributed by atoms with Gasteiger partial charge in [0.15, 0.2) is 0 Å². The highest BCUT2D eigenvalue weighted by atomic mass is 32.1. The van der Waals surface area contributed by atoms with Gasteiger partial charge in [-0.3, -0.25) is 4.79 Å². The van der Waals surface area contributed by atoms with Crippen LogP contribution in [0.4, 0.5) is 0 Å². The summed E-state index contributed by atoms with van der Waals surface area (Å²) in [6.45, 7) is 2.81. The van der Waals surface area contributed by atoms with Crippen molar-refractivity contribution in [3.05, 3.63) is 29.3 Å². The molecule has 0 saturated heterocycles. The molecule has 1 aliphatic rings. The van der Waals surface area contributed by atoms with Gasteiger partial charge < -0.3 is 10.4 Å². The lowest BCUT2D eigenvalue weighted by Crippen LogP contribution is -2.32. The predicted molar refractivity (Wildman–Crippen MR) is 78.7 cm³/mol. The molecule has 1 saturated carbocycles. The van der Waals surface area contributed by atoms with Crippen molar-refractivity contribution in [3.8, 4) is 0 Å². The van der Waals surface area contributed by atoms with Crippen LogP contribution >= 0.6 is 12.6 Å². The summed E-state index contributed by atoms with van der Waals surface area (Å²) < 4.78 is 0. The first-order chi connectivity index (χ1) is 9.11. The van der Waals surface area contributed by atoms with Crippen LogP contribution in [-0.2, 0) is 0 Å². The highest BCUT2D eigenvalue weighted by molar-refractivity contribution is 7.80. The number of benzene rings is 1. The number of hydrogen-bond donors (Lipinski definition) is 3. The van der Waals surface area contributed by atoms with E-state index in [1.165, 1.54) is 0 Å². The van der Waals surface area contributed by atoms with Gasteiger partial charge in [0.2, 0.25) is 0 Å². The Labute approximate surface area is 119 Å². The smallest absolute Gasteiger partial charge is 0.251 e. The van der Waals surface area contributed by atoms with Crippen LogP contribution < -0.4 is 5.32 Å². The van der Waals surface area contributed by atoms with Gasteiger partial charge in [-0.1, -0.05) is 12.5 Å². The average molecular weight is 279 g/mol. The minimum atomic E-state index is -0.0445. The molecule has 1 aromatic carbocycles. The molecule has 0 aromatic heterocycles. The maximum absolute atomic E-state index is 12.2. The third-order valence-corrected chi connectivity index (χ3v) is 4.32. The van der Waals surface area contributed by atoms with E-state index in [1.54, 1.807) is 6.07 Å². The van der Waals surface area contributed by atoms with E-state index in [0.717, 1.165) is 29.7 Å². The molecule has 0 aliphatic heterocycles. The van der Waals surface area contributed by atoms with E-state index in [-0.39, 0.29) is 12.5 Å². The van der Waals surface area contributed by atoms with Crippen LogP contribution in [0.15, 0.2) is 23.1 Å². The maximum atomic E-state index is 12.2. The summed E-state index contributed by atoms with van der Waals surface area (Å²) >= 11 is 4.27. The first-order valence-corrected chi connectivity index (χ1v) is 7.25. The van der Waals surface area contributed by atoms with Gasteiger partial charge in [0.1, 0.15) is 0 Å². The van der Waals surface area contributed by atoms with Gasteiger partial charge in [0, 0.05) is 23.6 Å². The second-order valence-electron chi connectivity index (χ2n) is 5.34. The van der Waals surface area contributed by atoms with E-state index in [4.69, 9.17) is 0 Å². The van der Waals surface area contributed by atoms with E-state index >= 15 is 0 Å². The zero-order valence-corrected chi connectivity index (χ0v) is 12.1. The van der Waals surface area contributed by atoms with Crippen molar-refractivity contribution >= 4 is 18.5 Å². The molecule has 1 amide bonds. The zero-order chi connectivity index (χ0) is 13.8. The number of aliphatic hydroxyl groups excluding tert-OH is 1. The molecule has 4 heteroatoms. The van der Waals surface area contributed by atoms with Gasteiger partial charge in [-0.15, -0.1) is 12.6 Å². The second kappa shape index (κ2) is 6.44. The van der Waals surface area contributed by atoms with Gasteiger partial charge >= 0.3 is 0 Å². The monoisotopic (exact) mass is 279 g/mol. The molecule has 1 fully saturated rings. The molecule has 2 rings (SSSR count). The molecule has 2 N–H and O–H groups in total. The quantitative estimate of drug-likeness (QED) is 0.741. The topological polar surface area (TPSA) is 49.3 Å². The van der Waals surface area contributed by atoms with Crippen LogP contribution in [0.2, 0.25) is 0 Å². The van der Waals surface area contributed by atoms with E-state index in [9.17, 15) is 9.90 Å². The highest BCUT2D eigenvalue weighted by Crippen LogP contribution is 2.30. The first kappa shape index (κ1) is 14.4. The van der Waals surface area contributed by atoms with Crippen LogP contribution in [-0.4, -0.2) is 24.2 Å². The summed E-state index contributed by atoms with van der Waals surface area (Å²) in [4.78, 5) is 13.0. The molecule has 19 heavy (non-hydrogen) atoms. The number of aliphatic hydroxyl groups is 1. The number of aryl methyl sites for hydroxylation is 1. The molecule has 104 valence electrons. The Morgan fingerprint density at radius 1 is 1.42 bits per heavy atom. The van der Waals surface area contributed by atoms with Crippen molar-refractivity contribution in [1.82, 2.24) is 5.32 Å². The predicted octanol–water partition coefficient (Wildman–Crippen LogP) is 2.42. The molecule has 0 spiro atoms. The molecular weight excluding hydrogens is 258 g/mol. The summed E-state index contributed by atoms with van der Waals surface area (Å²) in [5.74, 6) is 0.711. The molecule has 0 heterocycles. The van der Waals surface area contributed by atoms with Crippen molar-refractivity contribution in [2.45, 2.75) is 31.1 Å². The number of amides is 1. The fraction of sp³-hybridized carbons (Fsp3) is 0.533. The molecule has 1 aromatic rings. The van der Waals surface area contributed by atoms with Crippen LogP contribution in [0.5, 0.6) is 0 Å². The van der Waals surface area contributed by atoms with Gasteiger partial charge in [0.25, 0.3) is 5.91 Å². The van der Waals surface area contributed by atoms with E-state index in [1.807, 2.05) is 19.1 Å².